The van der Waals surface area contributed by atoms with E-state index < -0.39 is 0 Å². The fourth-order valence-corrected chi connectivity index (χ4v) is 1.24. The van der Waals surface area contributed by atoms with Crippen LogP contribution in [0.1, 0.15) is 20.8 Å². The molecule has 0 aromatic carbocycles. The molecule has 0 radical (unpaired) electrons. The van der Waals surface area contributed by atoms with E-state index in [2.05, 4.69) is 4.98 Å². The van der Waals surface area contributed by atoms with Gasteiger partial charge in [0, 0.05) is 25.0 Å². The van der Waals surface area contributed by atoms with E-state index in [1.807, 2.05) is 20.8 Å². The van der Waals surface area contributed by atoms with E-state index in [1.165, 1.54) is 10.9 Å². The molecule has 13 heavy (non-hydrogen) atoms. The van der Waals surface area contributed by atoms with Gasteiger partial charge in [0.1, 0.15) is 6.33 Å². The predicted molar refractivity (Wildman–Crippen MR) is 50.5 cm³/mol. The van der Waals surface area contributed by atoms with Crippen molar-refractivity contribution in [2.75, 3.05) is 6.54 Å². The summed E-state index contributed by atoms with van der Waals surface area (Å²) in [5.41, 5.74) is 0. The van der Waals surface area contributed by atoms with Gasteiger partial charge in [0.15, 0.2) is 0 Å². The van der Waals surface area contributed by atoms with Crippen LogP contribution in [0.2, 0.25) is 0 Å². The number of nitrogens with zero attached hydrogens (tertiary/aromatic N) is 3. The molecule has 0 atom stereocenters. The maximum atomic E-state index is 11.7. The minimum Gasteiger partial charge on any atom is -0.322 e. The van der Waals surface area contributed by atoms with Crippen LogP contribution >= 0.6 is 0 Å². The molecule has 1 heterocycles. The van der Waals surface area contributed by atoms with Gasteiger partial charge < -0.3 is 4.90 Å². The van der Waals surface area contributed by atoms with Gasteiger partial charge in [0.25, 0.3) is 0 Å². The van der Waals surface area contributed by atoms with Crippen LogP contribution in [0.3, 0.4) is 0 Å². The molecule has 0 saturated heterocycles. The van der Waals surface area contributed by atoms with Gasteiger partial charge in [0.05, 0.1) is 0 Å². The lowest BCUT2D eigenvalue weighted by Crippen LogP contribution is -2.39. The van der Waals surface area contributed by atoms with E-state index in [9.17, 15) is 4.79 Å². The number of carbonyl (C=O) groups is 1. The van der Waals surface area contributed by atoms with Crippen molar-refractivity contribution in [3.8, 4) is 0 Å². The second-order valence-corrected chi connectivity index (χ2v) is 3.13. The van der Waals surface area contributed by atoms with Crippen LogP contribution in [0.15, 0.2) is 18.7 Å². The number of hydrogen-bond donors (Lipinski definition) is 0. The van der Waals surface area contributed by atoms with Crippen LogP contribution in [0.5, 0.6) is 0 Å². The summed E-state index contributed by atoms with van der Waals surface area (Å²) in [6, 6.07) is 0.204. The highest BCUT2D eigenvalue weighted by molar-refractivity contribution is 5.76. The van der Waals surface area contributed by atoms with Crippen molar-refractivity contribution in [3.63, 3.8) is 0 Å². The van der Waals surface area contributed by atoms with Gasteiger partial charge in [-0.3, -0.25) is 4.57 Å². The Morgan fingerprint density at radius 2 is 2.31 bits per heavy atom. The molecule has 0 unspecified atom stereocenters. The second kappa shape index (κ2) is 4.07. The lowest BCUT2D eigenvalue weighted by atomic mass is 10.3. The first-order chi connectivity index (χ1) is 6.16. The SMILES string of the molecule is CCN(C(=O)n1ccnc1)C(C)C. The molecule has 1 rings (SSSR count). The molecule has 0 saturated carbocycles. The van der Waals surface area contributed by atoms with E-state index in [1.54, 1.807) is 17.3 Å². The molecule has 4 heteroatoms. The zero-order chi connectivity index (χ0) is 9.84. The Kier molecular flexibility index (Phi) is 3.06. The lowest BCUT2D eigenvalue weighted by Gasteiger charge is -2.24. The van der Waals surface area contributed by atoms with Gasteiger partial charge in [-0.1, -0.05) is 0 Å². The summed E-state index contributed by atoms with van der Waals surface area (Å²) in [6.45, 7) is 6.68. The molecule has 0 N–H and O–H groups in total. The van der Waals surface area contributed by atoms with E-state index >= 15 is 0 Å². The van der Waals surface area contributed by atoms with Crippen molar-refractivity contribution in [3.05, 3.63) is 18.7 Å². The standard InChI is InChI=1S/C9H15N3O/c1-4-12(8(2)3)9(13)11-6-5-10-7-11/h5-8H,4H2,1-3H3. The zero-order valence-corrected chi connectivity index (χ0v) is 8.27. The monoisotopic (exact) mass is 181 g/mol. The van der Waals surface area contributed by atoms with Gasteiger partial charge in [-0.25, -0.2) is 9.78 Å². The van der Waals surface area contributed by atoms with Crippen molar-refractivity contribution in [1.82, 2.24) is 14.5 Å². The van der Waals surface area contributed by atoms with Crippen LogP contribution in [-0.4, -0.2) is 33.1 Å². The minimum atomic E-state index is -0.0185. The Balaban J connectivity index is 2.77. The molecule has 0 aliphatic carbocycles. The third-order valence-electron chi connectivity index (χ3n) is 1.94. The van der Waals surface area contributed by atoms with Crippen molar-refractivity contribution >= 4 is 6.03 Å². The summed E-state index contributed by atoms with van der Waals surface area (Å²) in [4.78, 5) is 17.3. The van der Waals surface area contributed by atoms with Crippen LogP contribution in [0.25, 0.3) is 0 Å². The molecular formula is C9H15N3O. The van der Waals surface area contributed by atoms with E-state index in [0.717, 1.165) is 0 Å². The van der Waals surface area contributed by atoms with Crippen LogP contribution < -0.4 is 0 Å². The molecule has 1 amide bonds. The van der Waals surface area contributed by atoms with Gasteiger partial charge >= 0.3 is 6.03 Å². The van der Waals surface area contributed by atoms with Gasteiger partial charge in [-0.05, 0) is 20.8 Å². The summed E-state index contributed by atoms with van der Waals surface area (Å²) < 4.78 is 1.49. The topological polar surface area (TPSA) is 38.1 Å². The molecule has 0 fully saturated rings. The number of hydrogen-bond acceptors (Lipinski definition) is 2. The Bertz CT molecular complexity index is 266. The summed E-state index contributed by atoms with van der Waals surface area (Å²) in [7, 11) is 0. The minimum absolute atomic E-state index is 0.0185. The largest absolute Gasteiger partial charge is 0.329 e. The summed E-state index contributed by atoms with van der Waals surface area (Å²) in [5, 5.41) is 0. The Labute approximate surface area is 78.2 Å². The van der Waals surface area contributed by atoms with Gasteiger partial charge in [-0.15, -0.1) is 0 Å². The van der Waals surface area contributed by atoms with E-state index in [0.29, 0.717) is 6.54 Å². The lowest BCUT2D eigenvalue weighted by molar-refractivity contribution is 0.188. The molecule has 1 aromatic rings. The van der Waals surface area contributed by atoms with Crippen molar-refractivity contribution in [2.24, 2.45) is 0 Å². The first-order valence-electron chi connectivity index (χ1n) is 4.45. The van der Waals surface area contributed by atoms with E-state index in [-0.39, 0.29) is 12.1 Å². The highest BCUT2D eigenvalue weighted by atomic mass is 16.2. The average molecular weight is 181 g/mol. The number of aromatic nitrogens is 2. The Morgan fingerprint density at radius 1 is 1.62 bits per heavy atom. The Hall–Kier alpha value is -1.32. The maximum Gasteiger partial charge on any atom is 0.329 e. The Morgan fingerprint density at radius 3 is 2.69 bits per heavy atom. The third-order valence-corrected chi connectivity index (χ3v) is 1.94. The van der Waals surface area contributed by atoms with E-state index in [4.69, 9.17) is 0 Å². The third kappa shape index (κ3) is 2.08. The van der Waals surface area contributed by atoms with Gasteiger partial charge in [0.2, 0.25) is 0 Å². The first kappa shape index (κ1) is 9.77. The fraction of sp³-hybridized carbons (Fsp3) is 0.556. The van der Waals surface area contributed by atoms with Crippen LogP contribution in [0.4, 0.5) is 4.79 Å². The smallest absolute Gasteiger partial charge is 0.322 e. The molecule has 72 valence electrons. The molecule has 0 aliphatic rings. The van der Waals surface area contributed by atoms with Crippen molar-refractivity contribution in [1.29, 1.82) is 0 Å². The number of amides is 1. The maximum absolute atomic E-state index is 11.7. The molecule has 0 bridgehead atoms. The highest BCUT2D eigenvalue weighted by Crippen LogP contribution is 2.01. The van der Waals surface area contributed by atoms with Gasteiger partial charge in [-0.2, -0.15) is 0 Å². The molecule has 0 aliphatic heterocycles. The predicted octanol–water partition coefficient (Wildman–Crippen LogP) is 1.58. The summed E-state index contributed by atoms with van der Waals surface area (Å²) in [6.07, 6.45) is 4.78. The quantitative estimate of drug-likeness (QED) is 0.694. The number of imidazole rings is 1. The van der Waals surface area contributed by atoms with Crippen molar-refractivity contribution < 1.29 is 4.79 Å². The summed E-state index contributed by atoms with van der Waals surface area (Å²) >= 11 is 0. The highest BCUT2D eigenvalue weighted by Gasteiger charge is 2.15. The normalized spacial score (nSPS) is 10.5. The fourth-order valence-electron chi connectivity index (χ4n) is 1.24. The summed E-state index contributed by atoms with van der Waals surface area (Å²) in [5.74, 6) is 0. The number of carbonyl (C=O) groups excluding carboxylic acids is 1. The van der Waals surface area contributed by atoms with Crippen LogP contribution in [-0.2, 0) is 0 Å². The van der Waals surface area contributed by atoms with Crippen LogP contribution in [0, 0.1) is 0 Å². The molecular weight excluding hydrogens is 166 g/mol. The second-order valence-electron chi connectivity index (χ2n) is 3.13. The average Bonchev–Trinajstić information content (AvgIpc) is 2.56. The van der Waals surface area contributed by atoms with Crippen molar-refractivity contribution in [2.45, 2.75) is 26.8 Å². The molecule has 4 nitrogen and oxygen atoms in total. The zero-order valence-electron chi connectivity index (χ0n) is 8.27. The molecule has 1 aromatic heterocycles. The first-order valence-corrected chi connectivity index (χ1v) is 4.45. The molecule has 0 spiro atoms. The number of rotatable bonds is 2.